The summed E-state index contributed by atoms with van der Waals surface area (Å²) in [6, 6.07) is 29.4. The van der Waals surface area contributed by atoms with Gasteiger partial charge in [-0.2, -0.15) is 0 Å². The van der Waals surface area contributed by atoms with E-state index in [-0.39, 0.29) is 36.3 Å². The number of H-pyrrole nitrogens is 1. The van der Waals surface area contributed by atoms with Crippen molar-refractivity contribution >= 4 is 51.8 Å². The molecule has 4 N–H and O–H groups in total. The number of imidazole rings is 1. The van der Waals surface area contributed by atoms with E-state index in [0.717, 1.165) is 46.8 Å². The highest BCUT2D eigenvalue weighted by molar-refractivity contribution is 5.98. The van der Waals surface area contributed by atoms with Crippen LogP contribution in [-0.2, 0) is 19.1 Å². The molecule has 2 saturated heterocycles. The Morgan fingerprint density at radius 3 is 2.00 bits per heavy atom. The zero-order valence-corrected chi connectivity index (χ0v) is 33.8. The summed E-state index contributed by atoms with van der Waals surface area (Å²) in [6.45, 7) is 1.28. The smallest absolute Gasteiger partial charge is 0.407 e. The summed E-state index contributed by atoms with van der Waals surface area (Å²) in [6.07, 6.45) is 3.15. The molecule has 2 aromatic heterocycles. The summed E-state index contributed by atoms with van der Waals surface area (Å²) < 4.78 is 9.62. The maximum absolute atomic E-state index is 14.0. The number of hydrogen-bond donors (Lipinski definition) is 4. The number of ether oxygens (including phenoxy) is 2. The second kappa shape index (κ2) is 17.9. The predicted molar refractivity (Wildman–Crippen MR) is 227 cm³/mol. The first-order valence-corrected chi connectivity index (χ1v) is 20.3. The molecular formula is C46H46N8O7. The molecule has 15 nitrogen and oxygen atoms in total. The summed E-state index contributed by atoms with van der Waals surface area (Å²) in [5.74, 6) is -0.128. The van der Waals surface area contributed by atoms with E-state index in [1.54, 1.807) is 58.5 Å². The molecule has 0 bridgehead atoms. The SMILES string of the molecule is COC(=O)N[C@@H](C(=O)N1CCC[C@H]1CNC(=O)c1cnc2cc(-c3ccc4nc([C@@H]5CCCN5C(=O)[C@H](NC(=O)OC)c5ccccc5)[nH]c4c3)ccc2c1)c1ccccc1. The van der Waals surface area contributed by atoms with Gasteiger partial charge in [-0.05, 0) is 72.2 Å². The Morgan fingerprint density at radius 2 is 1.33 bits per heavy atom. The molecule has 0 aliphatic carbocycles. The van der Waals surface area contributed by atoms with E-state index in [1.807, 2.05) is 60.7 Å². The Kier molecular flexibility index (Phi) is 11.9. The van der Waals surface area contributed by atoms with Crippen LogP contribution in [0.15, 0.2) is 109 Å². The molecule has 61 heavy (non-hydrogen) atoms. The molecule has 2 fully saturated rings. The number of alkyl carbamates (subject to hydrolysis) is 2. The number of aromatic nitrogens is 3. The summed E-state index contributed by atoms with van der Waals surface area (Å²) in [5.41, 5.74) is 5.85. The van der Waals surface area contributed by atoms with E-state index in [2.05, 4.69) is 25.9 Å². The minimum absolute atomic E-state index is 0.236. The van der Waals surface area contributed by atoms with Crippen LogP contribution < -0.4 is 16.0 Å². The predicted octanol–water partition coefficient (Wildman–Crippen LogP) is 6.36. The van der Waals surface area contributed by atoms with Gasteiger partial charge in [-0.1, -0.05) is 78.9 Å². The molecule has 4 atom stereocenters. The molecule has 2 aliphatic heterocycles. The number of pyridine rings is 1. The minimum atomic E-state index is -0.920. The Hall–Kier alpha value is -7.29. The van der Waals surface area contributed by atoms with Crippen LogP contribution in [0.4, 0.5) is 9.59 Å². The van der Waals surface area contributed by atoms with Crippen LogP contribution in [0.1, 0.15) is 71.1 Å². The van der Waals surface area contributed by atoms with E-state index in [9.17, 15) is 24.0 Å². The van der Waals surface area contributed by atoms with Gasteiger partial charge < -0.3 is 40.2 Å². The van der Waals surface area contributed by atoms with Crippen LogP contribution in [-0.4, -0.2) is 94.6 Å². The molecule has 6 aromatic rings. The zero-order valence-electron chi connectivity index (χ0n) is 33.8. The van der Waals surface area contributed by atoms with Gasteiger partial charge in [0, 0.05) is 37.3 Å². The van der Waals surface area contributed by atoms with Gasteiger partial charge in [0.15, 0.2) is 0 Å². The number of benzene rings is 4. The molecule has 8 rings (SSSR count). The fourth-order valence-electron chi connectivity index (χ4n) is 8.31. The van der Waals surface area contributed by atoms with Crippen molar-refractivity contribution in [2.75, 3.05) is 33.9 Å². The maximum atomic E-state index is 14.0. The highest BCUT2D eigenvalue weighted by atomic mass is 16.5. The average Bonchev–Trinajstić information content (AvgIpc) is 4.09. The largest absolute Gasteiger partial charge is 0.453 e. The van der Waals surface area contributed by atoms with E-state index >= 15 is 0 Å². The lowest BCUT2D eigenvalue weighted by Crippen LogP contribution is -2.48. The summed E-state index contributed by atoms with van der Waals surface area (Å²) in [4.78, 5) is 82.0. The highest BCUT2D eigenvalue weighted by Gasteiger charge is 2.38. The van der Waals surface area contributed by atoms with E-state index < -0.39 is 24.3 Å². The normalized spacial score (nSPS) is 17.1. The number of fused-ring (bicyclic) bond motifs is 2. The third-order valence-corrected chi connectivity index (χ3v) is 11.4. The second-order valence-electron chi connectivity index (χ2n) is 15.2. The second-order valence-corrected chi connectivity index (χ2v) is 15.2. The van der Waals surface area contributed by atoms with Gasteiger partial charge >= 0.3 is 12.2 Å². The van der Waals surface area contributed by atoms with Crippen LogP contribution in [0.5, 0.6) is 0 Å². The van der Waals surface area contributed by atoms with Crippen molar-refractivity contribution in [3.05, 3.63) is 132 Å². The summed E-state index contributed by atoms with van der Waals surface area (Å²) in [5, 5.41) is 9.15. The molecule has 4 aromatic carbocycles. The van der Waals surface area contributed by atoms with E-state index in [4.69, 9.17) is 14.5 Å². The lowest BCUT2D eigenvalue weighted by Gasteiger charge is -2.29. The molecule has 2 aliphatic rings. The molecule has 15 heteroatoms. The number of nitrogens with one attached hydrogen (secondary N) is 4. The van der Waals surface area contributed by atoms with Crippen LogP contribution >= 0.6 is 0 Å². The van der Waals surface area contributed by atoms with Gasteiger partial charge in [0.25, 0.3) is 11.8 Å². The number of aromatic amines is 1. The summed E-state index contributed by atoms with van der Waals surface area (Å²) >= 11 is 0. The van der Waals surface area contributed by atoms with Crippen molar-refractivity contribution in [3.8, 4) is 11.1 Å². The standard InChI is InChI=1S/C46H46N8O7/c1-60-45(58)51-39(28-11-5-3-6-12-28)43(56)53-21-9-15-34(53)27-48-42(55)33-23-32-18-17-30(24-36(32)47-26-33)31-19-20-35-37(25-31)50-41(49-35)38-16-10-22-54(38)44(57)40(52-46(59)61-2)29-13-7-4-8-14-29/h3-8,11-14,17-20,23-26,34,38-40H,9-10,15-16,21-22,27H2,1-2H3,(H,48,55)(H,49,50)(H,51,58)(H,52,59)/t34-,38-,39+,40+/m0/s1. The number of nitrogens with zero attached hydrogens (tertiary/aromatic N) is 4. The first-order valence-electron chi connectivity index (χ1n) is 20.3. The highest BCUT2D eigenvalue weighted by Crippen LogP contribution is 2.35. The molecular weight excluding hydrogens is 777 g/mol. The Balaban J connectivity index is 0.938. The number of carbonyl (C=O) groups excluding carboxylic acids is 5. The molecule has 5 amide bonds. The third kappa shape index (κ3) is 8.72. The molecule has 0 spiro atoms. The molecule has 312 valence electrons. The van der Waals surface area contributed by atoms with Crippen molar-refractivity contribution in [3.63, 3.8) is 0 Å². The fraction of sp³-hybridized carbons (Fsp3) is 0.283. The molecule has 0 radical (unpaired) electrons. The molecule has 4 heterocycles. The van der Waals surface area contributed by atoms with Crippen molar-refractivity contribution < 1.29 is 33.4 Å². The maximum Gasteiger partial charge on any atom is 0.407 e. The van der Waals surface area contributed by atoms with Gasteiger partial charge in [0.2, 0.25) is 5.91 Å². The number of amides is 5. The van der Waals surface area contributed by atoms with Gasteiger partial charge in [-0.25, -0.2) is 14.6 Å². The Labute approximate surface area is 351 Å². The van der Waals surface area contributed by atoms with Gasteiger partial charge in [-0.15, -0.1) is 0 Å². The lowest BCUT2D eigenvalue weighted by molar-refractivity contribution is -0.135. The van der Waals surface area contributed by atoms with Crippen molar-refractivity contribution in [2.24, 2.45) is 0 Å². The Morgan fingerprint density at radius 1 is 0.721 bits per heavy atom. The summed E-state index contributed by atoms with van der Waals surface area (Å²) in [7, 11) is 2.52. The zero-order chi connectivity index (χ0) is 42.5. The topological polar surface area (TPSA) is 188 Å². The van der Waals surface area contributed by atoms with Crippen LogP contribution in [0.2, 0.25) is 0 Å². The number of carbonyl (C=O) groups is 5. The third-order valence-electron chi connectivity index (χ3n) is 11.4. The average molecular weight is 823 g/mol. The minimum Gasteiger partial charge on any atom is -0.453 e. The fourth-order valence-corrected chi connectivity index (χ4v) is 8.31. The van der Waals surface area contributed by atoms with Crippen molar-refractivity contribution in [1.82, 2.24) is 40.7 Å². The van der Waals surface area contributed by atoms with E-state index in [1.165, 1.54) is 14.2 Å². The van der Waals surface area contributed by atoms with Gasteiger partial charge in [-0.3, -0.25) is 19.4 Å². The monoisotopic (exact) mass is 822 g/mol. The Bertz CT molecular complexity index is 2580. The quantitative estimate of drug-likeness (QED) is 0.115. The van der Waals surface area contributed by atoms with Crippen LogP contribution in [0.25, 0.3) is 33.1 Å². The number of likely N-dealkylation sites (tertiary alicyclic amines) is 2. The first-order chi connectivity index (χ1) is 29.7. The van der Waals surface area contributed by atoms with Gasteiger partial charge in [0.05, 0.1) is 42.4 Å². The number of hydrogen-bond acceptors (Lipinski definition) is 9. The van der Waals surface area contributed by atoms with Crippen molar-refractivity contribution in [1.29, 1.82) is 0 Å². The first kappa shape index (κ1) is 40.5. The van der Waals surface area contributed by atoms with Crippen molar-refractivity contribution in [2.45, 2.75) is 49.9 Å². The van der Waals surface area contributed by atoms with Crippen LogP contribution in [0.3, 0.4) is 0 Å². The molecule has 0 saturated carbocycles. The molecule has 0 unspecified atom stereocenters. The number of rotatable bonds is 11. The van der Waals surface area contributed by atoms with Gasteiger partial charge in [0.1, 0.15) is 17.9 Å². The number of methoxy groups -OCH3 is 2. The van der Waals surface area contributed by atoms with Crippen LogP contribution in [0, 0.1) is 0 Å². The van der Waals surface area contributed by atoms with E-state index in [0.29, 0.717) is 47.5 Å². The lowest BCUT2D eigenvalue weighted by atomic mass is 10.0.